The lowest BCUT2D eigenvalue weighted by atomic mass is 10.0. The number of nitrogens with one attached hydrogen (secondary N) is 1. The average Bonchev–Trinajstić information content (AvgIpc) is 2.48. The van der Waals surface area contributed by atoms with Gasteiger partial charge in [-0.2, -0.15) is 0 Å². The molecule has 1 aliphatic carbocycles. The maximum Gasteiger partial charge on any atom is 0.0418 e. The summed E-state index contributed by atoms with van der Waals surface area (Å²) in [5.74, 6) is 0. The van der Waals surface area contributed by atoms with E-state index in [2.05, 4.69) is 35.7 Å². The van der Waals surface area contributed by atoms with Gasteiger partial charge in [0, 0.05) is 16.9 Å². The summed E-state index contributed by atoms with van der Waals surface area (Å²) in [6.07, 6.45) is 10.5. The van der Waals surface area contributed by atoms with Gasteiger partial charge in [-0.3, -0.25) is 0 Å². The van der Waals surface area contributed by atoms with Crippen molar-refractivity contribution in [3.63, 3.8) is 0 Å². The van der Waals surface area contributed by atoms with Gasteiger partial charge in [-0.1, -0.05) is 23.7 Å². The van der Waals surface area contributed by atoms with Crippen LogP contribution in [0.5, 0.6) is 0 Å². The van der Waals surface area contributed by atoms with Crippen LogP contribution in [0.25, 0.3) is 6.08 Å². The Morgan fingerprint density at radius 1 is 1.19 bits per heavy atom. The number of hydrogen-bond donors (Lipinski definition) is 1. The van der Waals surface area contributed by atoms with E-state index in [1.165, 1.54) is 22.4 Å². The van der Waals surface area contributed by atoms with Crippen LogP contribution in [-0.4, -0.2) is 0 Å². The summed E-state index contributed by atoms with van der Waals surface area (Å²) in [5, 5.41) is 4.12. The molecule has 0 aromatic heterocycles. The topological polar surface area (TPSA) is 12.0 Å². The number of benzene rings is 1. The number of rotatable bonds is 0. The van der Waals surface area contributed by atoms with E-state index in [0.717, 1.165) is 17.9 Å². The molecular weight excluding hydrogens is 218 g/mol. The van der Waals surface area contributed by atoms with Crippen molar-refractivity contribution < 1.29 is 0 Å². The molecule has 0 saturated heterocycles. The Labute approximate surface area is 100 Å². The highest BCUT2D eigenvalue weighted by atomic mass is 35.5. The quantitative estimate of drug-likeness (QED) is 0.716. The molecule has 1 aliphatic heterocycles. The van der Waals surface area contributed by atoms with Crippen LogP contribution in [-0.2, 0) is 6.42 Å². The molecule has 2 heteroatoms. The van der Waals surface area contributed by atoms with Crippen LogP contribution in [0.15, 0.2) is 47.8 Å². The predicted octanol–water partition coefficient (Wildman–Crippen LogP) is 3.67. The Morgan fingerprint density at radius 2 is 2.12 bits per heavy atom. The maximum atomic E-state index is 6.02. The first kappa shape index (κ1) is 9.73. The smallest absolute Gasteiger partial charge is 0.0418 e. The van der Waals surface area contributed by atoms with Crippen molar-refractivity contribution in [1.82, 2.24) is 5.32 Å². The van der Waals surface area contributed by atoms with E-state index in [4.69, 9.17) is 11.6 Å². The Kier molecular flexibility index (Phi) is 2.33. The zero-order valence-corrected chi connectivity index (χ0v) is 9.59. The summed E-state index contributed by atoms with van der Waals surface area (Å²) in [6, 6.07) is 6.11. The molecule has 0 amide bonds. The summed E-state index contributed by atoms with van der Waals surface area (Å²) < 4.78 is 0. The lowest BCUT2D eigenvalue weighted by molar-refractivity contribution is 0.919. The molecule has 1 N–H and O–H groups in total. The number of aryl methyl sites for hydroxylation is 1. The number of halogens is 1. The minimum Gasteiger partial charge on any atom is -0.361 e. The molecule has 0 atom stereocenters. The first-order chi connectivity index (χ1) is 7.83. The Morgan fingerprint density at radius 3 is 3.06 bits per heavy atom. The Bertz CT molecular complexity index is 524. The number of dihydropyridines is 1. The van der Waals surface area contributed by atoms with Crippen molar-refractivity contribution in [2.45, 2.75) is 12.8 Å². The third-order valence-electron chi connectivity index (χ3n) is 3.05. The van der Waals surface area contributed by atoms with Crippen LogP contribution in [0.1, 0.15) is 17.5 Å². The lowest BCUT2D eigenvalue weighted by Gasteiger charge is -2.12. The fourth-order valence-corrected chi connectivity index (χ4v) is 2.39. The van der Waals surface area contributed by atoms with Crippen LogP contribution < -0.4 is 5.32 Å². The van der Waals surface area contributed by atoms with Gasteiger partial charge < -0.3 is 5.32 Å². The molecule has 80 valence electrons. The first-order valence-corrected chi connectivity index (χ1v) is 5.83. The molecule has 0 saturated carbocycles. The van der Waals surface area contributed by atoms with Crippen molar-refractivity contribution in [3.05, 3.63) is 64.0 Å². The Balaban J connectivity index is 2.10. The molecule has 0 radical (unpaired) electrons. The monoisotopic (exact) mass is 229 g/mol. The van der Waals surface area contributed by atoms with E-state index >= 15 is 0 Å². The van der Waals surface area contributed by atoms with Gasteiger partial charge in [0.25, 0.3) is 0 Å². The molecule has 0 unspecified atom stereocenters. The highest BCUT2D eigenvalue weighted by molar-refractivity contribution is 6.30. The zero-order valence-electron chi connectivity index (χ0n) is 8.83. The third-order valence-corrected chi connectivity index (χ3v) is 3.28. The summed E-state index contributed by atoms with van der Waals surface area (Å²) in [7, 11) is 0. The van der Waals surface area contributed by atoms with Gasteiger partial charge in [-0.15, -0.1) is 0 Å². The van der Waals surface area contributed by atoms with E-state index in [0.29, 0.717) is 0 Å². The molecule has 1 aromatic rings. The molecule has 16 heavy (non-hydrogen) atoms. The van der Waals surface area contributed by atoms with E-state index in [1.807, 2.05) is 12.3 Å². The zero-order chi connectivity index (χ0) is 11.0. The summed E-state index contributed by atoms with van der Waals surface area (Å²) in [5.41, 5.74) is 5.18. The molecule has 0 spiro atoms. The van der Waals surface area contributed by atoms with E-state index < -0.39 is 0 Å². The van der Waals surface area contributed by atoms with Gasteiger partial charge in [-0.25, -0.2) is 0 Å². The summed E-state index contributed by atoms with van der Waals surface area (Å²) in [6.45, 7) is 0. The minimum absolute atomic E-state index is 0.821. The highest BCUT2D eigenvalue weighted by Crippen LogP contribution is 2.28. The van der Waals surface area contributed by atoms with Crippen molar-refractivity contribution in [2.75, 3.05) is 0 Å². The fourth-order valence-electron chi connectivity index (χ4n) is 2.19. The average molecular weight is 230 g/mol. The minimum atomic E-state index is 0.821. The van der Waals surface area contributed by atoms with E-state index in [1.54, 1.807) is 0 Å². The standard InChI is InChI=1S/C14H12ClN/c15-13-6-5-12-9-14-10(2-1-7-16-14)3-4-11(12)8-13/h1-2,5-9,16H,3-4H2. The molecule has 1 nitrogen and oxygen atoms in total. The number of hydrogen-bond acceptors (Lipinski definition) is 1. The van der Waals surface area contributed by atoms with Gasteiger partial charge in [0.1, 0.15) is 0 Å². The van der Waals surface area contributed by atoms with E-state index in [-0.39, 0.29) is 0 Å². The first-order valence-electron chi connectivity index (χ1n) is 5.46. The molecule has 1 heterocycles. The van der Waals surface area contributed by atoms with E-state index in [9.17, 15) is 0 Å². The van der Waals surface area contributed by atoms with Crippen LogP contribution in [0.2, 0.25) is 5.02 Å². The van der Waals surface area contributed by atoms with Crippen molar-refractivity contribution in [2.24, 2.45) is 0 Å². The highest BCUT2D eigenvalue weighted by Gasteiger charge is 2.13. The lowest BCUT2D eigenvalue weighted by Crippen LogP contribution is -2.09. The normalized spacial score (nSPS) is 17.6. The number of fused-ring (bicyclic) bond motifs is 2. The second-order valence-electron chi connectivity index (χ2n) is 4.10. The summed E-state index contributed by atoms with van der Waals surface area (Å²) in [4.78, 5) is 0. The summed E-state index contributed by atoms with van der Waals surface area (Å²) >= 11 is 6.02. The van der Waals surface area contributed by atoms with Gasteiger partial charge >= 0.3 is 0 Å². The SMILES string of the molecule is Clc1ccc2c(c1)CCC1=CC=CNC1=C2. The Hall–Kier alpha value is -1.47. The van der Waals surface area contributed by atoms with Crippen LogP contribution >= 0.6 is 11.6 Å². The molecular formula is C14H12ClN. The van der Waals surface area contributed by atoms with Gasteiger partial charge in [0.05, 0.1) is 0 Å². The van der Waals surface area contributed by atoms with Crippen molar-refractivity contribution >= 4 is 17.7 Å². The predicted molar refractivity (Wildman–Crippen MR) is 68.1 cm³/mol. The molecule has 1 aromatic carbocycles. The van der Waals surface area contributed by atoms with Gasteiger partial charge in [-0.05, 0) is 53.8 Å². The molecule has 3 rings (SSSR count). The van der Waals surface area contributed by atoms with Crippen LogP contribution in [0.4, 0.5) is 0 Å². The molecule has 0 fully saturated rings. The van der Waals surface area contributed by atoms with Crippen molar-refractivity contribution in [1.29, 1.82) is 0 Å². The maximum absolute atomic E-state index is 6.02. The van der Waals surface area contributed by atoms with Gasteiger partial charge in [0.15, 0.2) is 0 Å². The molecule has 0 bridgehead atoms. The molecule has 2 aliphatic rings. The third kappa shape index (κ3) is 1.68. The van der Waals surface area contributed by atoms with Crippen LogP contribution in [0, 0.1) is 0 Å². The second-order valence-corrected chi connectivity index (χ2v) is 4.53. The number of allylic oxidation sites excluding steroid dienone is 3. The van der Waals surface area contributed by atoms with Gasteiger partial charge in [0.2, 0.25) is 0 Å². The largest absolute Gasteiger partial charge is 0.361 e. The fraction of sp³-hybridized carbons (Fsp3) is 0.143. The second kappa shape index (κ2) is 3.84. The van der Waals surface area contributed by atoms with Crippen LogP contribution in [0.3, 0.4) is 0 Å². The van der Waals surface area contributed by atoms with Crippen molar-refractivity contribution in [3.8, 4) is 0 Å².